The summed E-state index contributed by atoms with van der Waals surface area (Å²) >= 11 is 0.341. The molecule has 0 amide bonds. The van der Waals surface area contributed by atoms with Gasteiger partial charge in [0.25, 0.3) is 0 Å². The van der Waals surface area contributed by atoms with Gasteiger partial charge in [-0.15, -0.1) is 0 Å². The van der Waals surface area contributed by atoms with Crippen LogP contribution in [0.5, 0.6) is 0 Å². The molecule has 0 bridgehead atoms. The fourth-order valence-electron chi connectivity index (χ4n) is 2.28. The predicted molar refractivity (Wildman–Crippen MR) is 75.2 cm³/mol. The molecule has 0 radical (unpaired) electrons. The molecule has 0 saturated carbocycles. The van der Waals surface area contributed by atoms with Gasteiger partial charge in [-0.1, -0.05) is 0 Å². The molecule has 1 aliphatic rings. The van der Waals surface area contributed by atoms with E-state index in [4.69, 9.17) is 0 Å². The second kappa shape index (κ2) is 7.05. The Bertz CT molecular complexity index is 428. The van der Waals surface area contributed by atoms with Gasteiger partial charge < -0.3 is 0 Å². The zero-order valence-electron chi connectivity index (χ0n) is 11.3. The number of benzene rings is 1. The Kier molecular flexibility index (Phi) is 5.38. The molecule has 0 spiro atoms. The van der Waals surface area contributed by atoms with Crippen molar-refractivity contribution < 1.29 is 17.1 Å². The summed E-state index contributed by atoms with van der Waals surface area (Å²) in [5.41, 5.74) is 3.25. The molecule has 0 aliphatic heterocycles. The van der Waals surface area contributed by atoms with Crippen molar-refractivity contribution in [2.24, 2.45) is 0 Å². The monoisotopic (exact) mass is 328 g/mol. The van der Waals surface area contributed by atoms with Crippen LogP contribution in [0, 0.1) is 0 Å². The first-order valence-electron chi connectivity index (χ1n) is 6.86. The van der Waals surface area contributed by atoms with E-state index in [1.165, 1.54) is 31.2 Å². The third kappa shape index (κ3) is 3.42. The molecule has 1 unspecified atom stereocenters. The molecule has 0 N–H and O–H groups in total. The van der Waals surface area contributed by atoms with Gasteiger partial charge in [-0.2, -0.15) is 0 Å². The minimum absolute atomic E-state index is 0.341. The molecule has 0 fully saturated rings. The van der Waals surface area contributed by atoms with Gasteiger partial charge in [-0.05, 0) is 0 Å². The van der Waals surface area contributed by atoms with E-state index in [0.29, 0.717) is 17.1 Å². The Hall–Kier alpha value is -0.677. The normalized spacial score (nSPS) is 17.2. The molecule has 1 aromatic carbocycles. The summed E-state index contributed by atoms with van der Waals surface area (Å²) in [7, 11) is 0. The zero-order chi connectivity index (χ0) is 12.8. The molecule has 18 heavy (non-hydrogen) atoms. The Morgan fingerprint density at radius 2 is 1.78 bits per heavy atom. The predicted octanol–water partition coefficient (Wildman–Crippen LogP) is 5.23. The summed E-state index contributed by atoms with van der Waals surface area (Å²) in [5, 5.41) is 0. The molecule has 98 valence electrons. The molecular weight excluding hydrogens is 305 g/mol. The van der Waals surface area contributed by atoms with Crippen molar-refractivity contribution in [3.63, 3.8) is 0 Å². The van der Waals surface area contributed by atoms with E-state index in [9.17, 15) is 0 Å². The van der Waals surface area contributed by atoms with E-state index in [0.717, 1.165) is 4.51 Å². The number of hydrogen-bond donors (Lipinski definition) is 0. The molecule has 2 rings (SSSR count). The fourth-order valence-corrected chi connectivity index (χ4v) is 5.24. The molecule has 1 heteroatoms. The molecule has 0 aromatic heterocycles. The third-order valence-corrected chi connectivity index (χ3v) is 6.84. The molecule has 1 aromatic rings. The van der Waals surface area contributed by atoms with E-state index in [-0.39, 0.29) is 0 Å². The molecular formula is C17H22Ru. The van der Waals surface area contributed by atoms with Gasteiger partial charge in [0.05, 0.1) is 0 Å². The summed E-state index contributed by atoms with van der Waals surface area (Å²) in [4.78, 5) is 0. The van der Waals surface area contributed by atoms with Crippen LogP contribution in [0.25, 0.3) is 0 Å². The van der Waals surface area contributed by atoms with Crippen molar-refractivity contribution in [1.82, 2.24) is 0 Å². The number of hydrogen-bond acceptors (Lipinski definition) is 0. The average molecular weight is 327 g/mol. The van der Waals surface area contributed by atoms with E-state index < -0.39 is 0 Å². The first-order chi connectivity index (χ1) is 8.85. The maximum absolute atomic E-state index is 2.36. The van der Waals surface area contributed by atoms with Gasteiger partial charge in [0.1, 0.15) is 0 Å². The van der Waals surface area contributed by atoms with Crippen molar-refractivity contribution in [3.8, 4) is 0 Å². The van der Waals surface area contributed by atoms with E-state index in [1.54, 1.807) is 9.74 Å². The summed E-state index contributed by atoms with van der Waals surface area (Å²) in [6.07, 6.45) is 9.62. The van der Waals surface area contributed by atoms with Crippen molar-refractivity contribution in [2.45, 2.75) is 44.0 Å². The molecule has 0 heterocycles. The average Bonchev–Trinajstić information content (AvgIpc) is 2.46. The molecule has 0 saturated heterocycles. The van der Waals surface area contributed by atoms with Crippen LogP contribution >= 0.6 is 0 Å². The second-order valence-electron chi connectivity index (χ2n) is 4.60. The van der Waals surface area contributed by atoms with Crippen LogP contribution in [0.4, 0.5) is 0 Å². The van der Waals surface area contributed by atoms with E-state index in [1.807, 2.05) is 0 Å². The van der Waals surface area contributed by atoms with Gasteiger partial charge in [0, 0.05) is 0 Å². The van der Waals surface area contributed by atoms with Crippen LogP contribution in [-0.4, -0.2) is 0 Å². The van der Waals surface area contributed by atoms with Crippen LogP contribution in [0.15, 0.2) is 52.2 Å². The standard InChI is InChI=1S/C9H11.C8H11.Ru/c1-2-6-9-7-4-3-5-8-9;1-2-8-6-4-3-5-7-8;/h3-8H,2H2,1H3;3-4H,2,5-6H2,1H3;. The van der Waals surface area contributed by atoms with Crippen LogP contribution in [0.1, 0.15) is 49.6 Å². The molecule has 1 aliphatic carbocycles. The quantitative estimate of drug-likeness (QED) is 0.513. The SMILES string of the molecule is CCC1=[C]([Ru][CH](CC)c2ccccc2)CC=CC1. The van der Waals surface area contributed by atoms with Crippen LogP contribution < -0.4 is 0 Å². The van der Waals surface area contributed by atoms with Gasteiger partial charge in [-0.25, -0.2) is 0 Å². The minimum atomic E-state index is 0.341. The van der Waals surface area contributed by atoms with Crippen LogP contribution in [0.2, 0.25) is 0 Å². The fraction of sp³-hybridized carbons (Fsp3) is 0.412. The van der Waals surface area contributed by atoms with Crippen LogP contribution in [0.3, 0.4) is 0 Å². The zero-order valence-corrected chi connectivity index (χ0v) is 13.0. The topological polar surface area (TPSA) is 0 Å². The van der Waals surface area contributed by atoms with Crippen molar-refractivity contribution in [2.75, 3.05) is 0 Å². The number of allylic oxidation sites excluding steroid dienone is 4. The van der Waals surface area contributed by atoms with Crippen molar-refractivity contribution >= 4 is 0 Å². The summed E-state index contributed by atoms with van der Waals surface area (Å²) in [5.74, 6) is 0. The van der Waals surface area contributed by atoms with Crippen LogP contribution in [-0.2, 0) is 17.1 Å². The number of rotatable bonds is 5. The van der Waals surface area contributed by atoms with Crippen molar-refractivity contribution in [1.29, 1.82) is 0 Å². The van der Waals surface area contributed by atoms with Gasteiger partial charge in [-0.3, -0.25) is 0 Å². The Balaban J connectivity index is 2.13. The Morgan fingerprint density at radius 1 is 1.06 bits per heavy atom. The van der Waals surface area contributed by atoms with Gasteiger partial charge in [0.2, 0.25) is 0 Å². The second-order valence-corrected chi connectivity index (χ2v) is 7.36. The van der Waals surface area contributed by atoms with Crippen molar-refractivity contribution in [3.05, 3.63) is 57.8 Å². The summed E-state index contributed by atoms with van der Waals surface area (Å²) in [6, 6.07) is 11.1. The Labute approximate surface area is 119 Å². The summed E-state index contributed by atoms with van der Waals surface area (Å²) in [6.45, 7) is 4.63. The van der Waals surface area contributed by atoms with E-state index in [2.05, 4.69) is 56.3 Å². The first kappa shape index (κ1) is 13.7. The third-order valence-electron chi connectivity index (χ3n) is 3.37. The first-order valence-corrected chi connectivity index (χ1v) is 8.74. The molecule has 0 nitrogen and oxygen atoms in total. The summed E-state index contributed by atoms with van der Waals surface area (Å²) < 4.78 is 2.56. The van der Waals surface area contributed by atoms with Gasteiger partial charge in [0.15, 0.2) is 0 Å². The molecule has 1 atom stereocenters. The Morgan fingerprint density at radius 3 is 2.44 bits per heavy atom. The van der Waals surface area contributed by atoms with Gasteiger partial charge >= 0.3 is 119 Å². The van der Waals surface area contributed by atoms with E-state index >= 15 is 0 Å². The maximum atomic E-state index is 2.36.